The Balaban J connectivity index is 2.13. The maximum absolute atomic E-state index is 11.8. The molecule has 20 heavy (non-hydrogen) atoms. The highest BCUT2D eigenvalue weighted by atomic mass is 79.9. The van der Waals surface area contributed by atoms with E-state index in [1.165, 1.54) is 0 Å². The molecule has 0 N–H and O–H groups in total. The number of ether oxygens (including phenoxy) is 2. The molecule has 6 heteroatoms. The highest BCUT2D eigenvalue weighted by Gasteiger charge is 2.21. The van der Waals surface area contributed by atoms with E-state index in [0.717, 1.165) is 31.7 Å². The van der Waals surface area contributed by atoms with Gasteiger partial charge in [-0.2, -0.15) is 0 Å². The van der Waals surface area contributed by atoms with E-state index < -0.39 is 5.97 Å². The van der Waals surface area contributed by atoms with Crippen LogP contribution >= 0.6 is 15.9 Å². The number of hydrogen-bond donors (Lipinski definition) is 0. The number of esters is 1. The zero-order valence-corrected chi connectivity index (χ0v) is 13.4. The van der Waals surface area contributed by atoms with Gasteiger partial charge in [0.25, 0.3) is 0 Å². The Morgan fingerprint density at radius 2 is 2.15 bits per heavy atom. The summed E-state index contributed by atoms with van der Waals surface area (Å²) in [4.78, 5) is 18.4. The van der Waals surface area contributed by atoms with Gasteiger partial charge in [0.2, 0.25) is 0 Å². The predicted octanol–water partition coefficient (Wildman–Crippen LogP) is 2.64. The van der Waals surface area contributed by atoms with Crippen LogP contribution in [0, 0.1) is 0 Å². The molecule has 1 aromatic heterocycles. The van der Waals surface area contributed by atoms with Crippen molar-refractivity contribution in [1.82, 2.24) is 4.98 Å². The van der Waals surface area contributed by atoms with Crippen molar-refractivity contribution in [3.63, 3.8) is 0 Å². The lowest BCUT2D eigenvalue weighted by Crippen LogP contribution is -2.37. The molecule has 1 aliphatic heterocycles. The molecule has 1 fully saturated rings. The summed E-state index contributed by atoms with van der Waals surface area (Å²) in [6.07, 6.45) is 2.28. The molecule has 1 aliphatic rings. The first kappa shape index (κ1) is 15.3. The molecular weight excluding hydrogens is 324 g/mol. The minimum Gasteiger partial charge on any atom is -0.461 e. The molecule has 0 atom stereocenters. The topological polar surface area (TPSA) is 51.7 Å². The maximum atomic E-state index is 11.8. The molecule has 2 heterocycles. The second-order valence-electron chi connectivity index (χ2n) is 4.64. The van der Waals surface area contributed by atoms with Crippen molar-refractivity contribution in [3.8, 4) is 0 Å². The number of pyridine rings is 1. The van der Waals surface area contributed by atoms with Gasteiger partial charge in [0.1, 0.15) is 5.82 Å². The monoisotopic (exact) mass is 342 g/mol. The Bertz CT molecular complexity index is 473. The number of halogens is 1. The average Bonchev–Trinajstić information content (AvgIpc) is 2.48. The van der Waals surface area contributed by atoms with Crippen LogP contribution in [0.15, 0.2) is 16.6 Å². The molecule has 1 saturated heterocycles. The van der Waals surface area contributed by atoms with Crippen LogP contribution in [0.1, 0.15) is 30.3 Å². The van der Waals surface area contributed by atoms with E-state index in [-0.39, 0.29) is 0 Å². The lowest BCUT2D eigenvalue weighted by Gasteiger charge is -2.32. The lowest BCUT2D eigenvalue weighted by atomic mass is 10.1. The number of hydrogen-bond acceptors (Lipinski definition) is 5. The number of carbonyl (C=O) groups is 1. The summed E-state index contributed by atoms with van der Waals surface area (Å²) in [5.74, 6) is 0.416. The zero-order valence-electron chi connectivity index (χ0n) is 11.8. The van der Waals surface area contributed by atoms with Gasteiger partial charge in [-0.25, -0.2) is 9.78 Å². The van der Waals surface area contributed by atoms with Crippen LogP contribution < -0.4 is 4.90 Å². The Kier molecular flexibility index (Phi) is 5.37. The van der Waals surface area contributed by atoms with Gasteiger partial charge >= 0.3 is 5.97 Å². The molecule has 0 aliphatic carbocycles. The summed E-state index contributed by atoms with van der Waals surface area (Å²) >= 11 is 3.34. The van der Waals surface area contributed by atoms with E-state index in [1.54, 1.807) is 14.0 Å². The summed E-state index contributed by atoms with van der Waals surface area (Å²) in [6.45, 7) is 3.90. The second-order valence-corrected chi connectivity index (χ2v) is 5.50. The van der Waals surface area contributed by atoms with Crippen LogP contribution in [0.5, 0.6) is 0 Å². The Morgan fingerprint density at radius 3 is 2.75 bits per heavy atom. The SMILES string of the molecule is CCOC(=O)c1nc(N2CCC(OC)CC2)ccc1Br. The molecular formula is C14H19BrN2O3. The summed E-state index contributed by atoms with van der Waals surface area (Å²) in [5, 5.41) is 0. The second kappa shape index (κ2) is 7.04. The van der Waals surface area contributed by atoms with Gasteiger partial charge < -0.3 is 14.4 Å². The highest BCUT2D eigenvalue weighted by Crippen LogP contribution is 2.23. The third kappa shape index (κ3) is 3.49. The van der Waals surface area contributed by atoms with Gasteiger partial charge in [0.05, 0.1) is 17.2 Å². The molecule has 0 saturated carbocycles. The molecule has 0 unspecified atom stereocenters. The van der Waals surface area contributed by atoms with Crippen molar-refractivity contribution < 1.29 is 14.3 Å². The summed E-state index contributed by atoms with van der Waals surface area (Å²) < 4.78 is 11.0. The van der Waals surface area contributed by atoms with E-state index in [2.05, 4.69) is 25.8 Å². The average molecular weight is 343 g/mol. The first-order valence-electron chi connectivity index (χ1n) is 6.77. The van der Waals surface area contributed by atoms with E-state index in [0.29, 0.717) is 22.9 Å². The quantitative estimate of drug-likeness (QED) is 0.787. The number of nitrogens with zero attached hydrogens (tertiary/aromatic N) is 2. The van der Waals surface area contributed by atoms with Crippen molar-refractivity contribution in [2.24, 2.45) is 0 Å². The van der Waals surface area contributed by atoms with Crippen molar-refractivity contribution in [1.29, 1.82) is 0 Å². The molecule has 0 spiro atoms. The van der Waals surface area contributed by atoms with E-state index in [1.807, 2.05) is 12.1 Å². The Morgan fingerprint density at radius 1 is 1.45 bits per heavy atom. The Hall–Kier alpha value is -1.14. The predicted molar refractivity (Wildman–Crippen MR) is 80.1 cm³/mol. The summed E-state index contributed by atoms with van der Waals surface area (Å²) in [5.41, 5.74) is 0.332. The van der Waals surface area contributed by atoms with Crippen LogP contribution in [-0.4, -0.2) is 43.9 Å². The smallest absolute Gasteiger partial charge is 0.358 e. The normalized spacial score (nSPS) is 16.2. The van der Waals surface area contributed by atoms with Crippen LogP contribution in [0.2, 0.25) is 0 Å². The van der Waals surface area contributed by atoms with Crippen LogP contribution in [0.3, 0.4) is 0 Å². The molecule has 0 amide bonds. The van der Waals surface area contributed by atoms with Gasteiger partial charge in [-0.3, -0.25) is 0 Å². The molecule has 5 nitrogen and oxygen atoms in total. The molecule has 2 rings (SSSR count). The van der Waals surface area contributed by atoms with E-state index in [4.69, 9.17) is 9.47 Å². The third-order valence-electron chi connectivity index (χ3n) is 3.40. The van der Waals surface area contributed by atoms with Gasteiger partial charge in [0.15, 0.2) is 5.69 Å². The fourth-order valence-corrected chi connectivity index (χ4v) is 2.65. The summed E-state index contributed by atoms with van der Waals surface area (Å²) in [6, 6.07) is 3.76. The number of rotatable bonds is 4. The molecule has 0 radical (unpaired) electrons. The molecule has 0 bridgehead atoms. The van der Waals surface area contributed by atoms with Crippen molar-refractivity contribution >= 4 is 27.7 Å². The number of methoxy groups -OCH3 is 1. The minimum atomic E-state index is -0.395. The first-order valence-corrected chi connectivity index (χ1v) is 7.56. The standard InChI is InChI=1S/C14H19BrN2O3/c1-3-20-14(18)13-11(15)4-5-12(16-13)17-8-6-10(19-2)7-9-17/h4-5,10H,3,6-9H2,1-2H3. The van der Waals surface area contributed by atoms with Gasteiger partial charge in [-0.1, -0.05) is 0 Å². The number of carbonyl (C=O) groups excluding carboxylic acids is 1. The third-order valence-corrected chi connectivity index (χ3v) is 4.04. The fourth-order valence-electron chi connectivity index (χ4n) is 2.27. The van der Waals surface area contributed by atoms with Crippen molar-refractivity contribution in [3.05, 3.63) is 22.3 Å². The molecule has 0 aromatic carbocycles. The lowest BCUT2D eigenvalue weighted by molar-refractivity contribution is 0.0518. The highest BCUT2D eigenvalue weighted by molar-refractivity contribution is 9.10. The summed E-state index contributed by atoms with van der Waals surface area (Å²) in [7, 11) is 1.75. The number of anilines is 1. The molecule has 110 valence electrons. The number of aromatic nitrogens is 1. The fraction of sp³-hybridized carbons (Fsp3) is 0.571. The molecule has 1 aromatic rings. The zero-order chi connectivity index (χ0) is 14.5. The van der Waals surface area contributed by atoms with E-state index >= 15 is 0 Å². The van der Waals surface area contributed by atoms with Crippen molar-refractivity contribution in [2.45, 2.75) is 25.9 Å². The van der Waals surface area contributed by atoms with Crippen LogP contribution in [0.4, 0.5) is 5.82 Å². The maximum Gasteiger partial charge on any atom is 0.358 e. The van der Waals surface area contributed by atoms with Crippen LogP contribution in [0.25, 0.3) is 0 Å². The van der Waals surface area contributed by atoms with Crippen molar-refractivity contribution in [2.75, 3.05) is 31.7 Å². The van der Waals surface area contributed by atoms with Gasteiger partial charge in [-0.15, -0.1) is 0 Å². The van der Waals surface area contributed by atoms with Gasteiger partial charge in [-0.05, 0) is 47.8 Å². The van der Waals surface area contributed by atoms with Gasteiger partial charge in [0, 0.05) is 20.2 Å². The largest absolute Gasteiger partial charge is 0.461 e. The first-order chi connectivity index (χ1) is 9.65. The van der Waals surface area contributed by atoms with Crippen LogP contribution in [-0.2, 0) is 9.47 Å². The minimum absolute atomic E-state index is 0.325. The number of piperidine rings is 1. The van der Waals surface area contributed by atoms with E-state index in [9.17, 15) is 4.79 Å². The Labute approximate surface area is 127 Å².